The molecule has 80 valence electrons. The van der Waals surface area contributed by atoms with E-state index in [0.29, 0.717) is 0 Å². The normalized spacial score (nSPS) is 11.2. The SMILES string of the molecule is COC(=O)/C=C(\O)c1cccc(Cl)c1O. The number of hydrogen-bond acceptors (Lipinski definition) is 4. The lowest BCUT2D eigenvalue weighted by Crippen LogP contribution is -1.97. The van der Waals surface area contributed by atoms with Crippen LogP contribution in [0.15, 0.2) is 24.3 Å². The fourth-order valence-corrected chi connectivity index (χ4v) is 1.14. The largest absolute Gasteiger partial charge is 0.507 e. The van der Waals surface area contributed by atoms with Gasteiger partial charge in [-0.05, 0) is 12.1 Å². The highest BCUT2D eigenvalue weighted by Crippen LogP contribution is 2.30. The van der Waals surface area contributed by atoms with Crippen LogP contribution in [0.1, 0.15) is 5.56 Å². The van der Waals surface area contributed by atoms with Gasteiger partial charge in [0.2, 0.25) is 0 Å². The summed E-state index contributed by atoms with van der Waals surface area (Å²) in [6.07, 6.45) is 0.853. The molecule has 4 nitrogen and oxygen atoms in total. The zero-order chi connectivity index (χ0) is 11.4. The number of phenols is 1. The molecule has 15 heavy (non-hydrogen) atoms. The average Bonchev–Trinajstić information content (AvgIpc) is 2.21. The van der Waals surface area contributed by atoms with Gasteiger partial charge in [-0.2, -0.15) is 0 Å². The molecule has 1 rings (SSSR count). The summed E-state index contributed by atoms with van der Waals surface area (Å²) in [6, 6.07) is 4.43. The number of aromatic hydroxyl groups is 1. The van der Waals surface area contributed by atoms with E-state index in [1.807, 2.05) is 0 Å². The number of esters is 1. The van der Waals surface area contributed by atoms with Crippen molar-refractivity contribution in [2.75, 3.05) is 7.11 Å². The van der Waals surface area contributed by atoms with E-state index >= 15 is 0 Å². The van der Waals surface area contributed by atoms with Gasteiger partial charge >= 0.3 is 5.97 Å². The molecule has 0 bridgehead atoms. The van der Waals surface area contributed by atoms with E-state index in [9.17, 15) is 15.0 Å². The highest BCUT2D eigenvalue weighted by atomic mass is 35.5. The van der Waals surface area contributed by atoms with Crippen LogP contribution in [0.25, 0.3) is 5.76 Å². The Kier molecular flexibility index (Phi) is 3.57. The van der Waals surface area contributed by atoms with Crippen molar-refractivity contribution < 1.29 is 19.7 Å². The zero-order valence-electron chi connectivity index (χ0n) is 7.90. The molecule has 2 N–H and O–H groups in total. The van der Waals surface area contributed by atoms with Crippen molar-refractivity contribution in [3.05, 3.63) is 34.9 Å². The minimum Gasteiger partial charge on any atom is -0.507 e. The summed E-state index contributed by atoms with van der Waals surface area (Å²) in [4.78, 5) is 10.8. The predicted molar refractivity (Wildman–Crippen MR) is 55.7 cm³/mol. The fraction of sp³-hybridized carbons (Fsp3) is 0.100. The zero-order valence-corrected chi connectivity index (χ0v) is 8.65. The van der Waals surface area contributed by atoms with E-state index in [-0.39, 0.29) is 16.3 Å². The molecule has 0 spiro atoms. The van der Waals surface area contributed by atoms with Crippen LogP contribution in [0, 0.1) is 0 Å². The lowest BCUT2D eigenvalue weighted by molar-refractivity contribution is -0.134. The lowest BCUT2D eigenvalue weighted by atomic mass is 10.1. The van der Waals surface area contributed by atoms with Crippen LogP contribution >= 0.6 is 11.6 Å². The van der Waals surface area contributed by atoms with Gasteiger partial charge in [-0.25, -0.2) is 4.79 Å². The number of carbonyl (C=O) groups excluding carboxylic acids is 1. The number of halogens is 1. The maximum atomic E-state index is 10.8. The van der Waals surface area contributed by atoms with Crippen molar-refractivity contribution in [3.8, 4) is 5.75 Å². The van der Waals surface area contributed by atoms with Crippen molar-refractivity contribution in [3.63, 3.8) is 0 Å². The number of para-hydroxylation sites is 1. The number of phenolic OH excluding ortho intramolecular Hbond substituents is 1. The Hall–Kier alpha value is -1.68. The van der Waals surface area contributed by atoms with Crippen molar-refractivity contribution in [1.82, 2.24) is 0 Å². The van der Waals surface area contributed by atoms with Crippen LogP contribution in [0.3, 0.4) is 0 Å². The van der Waals surface area contributed by atoms with Crippen LogP contribution in [-0.2, 0) is 9.53 Å². The quantitative estimate of drug-likeness (QED) is 0.462. The summed E-state index contributed by atoms with van der Waals surface area (Å²) in [5.41, 5.74) is 0.0768. The summed E-state index contributed by atoms with van der Waals surface area (Å²) in [7, 11) is 1.18. The smallest absolute Gasteiger partial charge is 0.334 e. The molecule has 0 aliphatic rings. The second-order valence-corrected chi connectivity index (χ2v) is 3.10. The van der Waals surface area contributed by atoms with Crippen molar-refractivity contribution in [2.45, 2.75) is 0 Å². The molecule has 0 aliphatic heterocycles. The molecule has 0 amide bonds. The molecule has 0 aliphatic carbocycles. The number of aliphatic hydroxyl groups excluding tert-OH is 1. The van der Waals surface area contributed by atoms with Crippen LogP contribution in [0.4, 0.5) is 0 Å². The molecule has 1 aromatic rings. The molecule has 0 fully saturated rings. The van der Waals surface area contributed by atoms with E-state index in [0.717, 1.165) is 6.08 Å². The van der Waals surface area contributed by atoms with Gasteiger partial charge in [0.25, 0.3) is 0 Å². The molecule has 0 saturated carbocycles. The standard InChI is InChI=1S/C10H9ClO4/c1-15-9(13)5-8(12)6-3-2-4-7(11)10(6)14/h2-5,12,14H,1H3/b8-5-. The lowest BCUT2D eigenvalue weighted by Gasteiger charge is -2.04. The van der Waals surface area contributed by atoms with Gasteiger partial charge in [0.15, 0.2) is 0 Å². The van der Waals surface area contributed by atoms with Gasteiger partial charge in [-0.15, -0.1) is 0 Å². The average molecular weight is 229 g/mol. The van der Waals surface area contributed by atoms with E-state index in [1.165, 1.54) is 19.2 Å². The van der Waals surface area contributed by atoms with Gasteiger partial charge in [0.1, 0.15) is 11.5 Å². The summed E-state index contributed by atoms with van der Waals surface area (Å²) >= 11 is 5.62. The molecular formula is C10H9ClO4. The number of methoxy groups -OCH3 is 1. The third-order valence-corrected chi connectivity index (χ3v) is 2.02. The van der Waals surface area contributed by atoms with Gasteiger partial charge in [0.05, 0.1) is 23.8 Å². The van der Waals surface area contributed by atoms with Gasteiger partial charge in [-0.3, -0.25) is 0 Å². The van der Waals surface area contributed by atoms with E-state index in [2.05, 4.69) is 4.74 Å². The number of carbonyl (C=O) groups is 1. The minimum absolute atomic E-state index is 0.0768. The fourth-order valence-electron chi connectivity index (χ4n) is 0.970. The maximum Gasteiger partial charge on any atom is 0.334 e. The highest BCUT2D eigenvalue weighted by Gasteiger charge is 2.10. The van der Waals surface area contributed by atoms with Crippen molar-refractivity contribution >= 4 is 23.3 Å². The predicted octanol–water partition coefficient (Wildman–Crippen LogP) is 2.12. The Labute approximate surface area is 91.4 Å². The monoisotopic (exact) mass is 228 g/mol. The van der Waals surface area contributed by atoms with Crippen LogP contribution < -0.4 is 0 Å². The summed E-state index contributed by atoms with van der Waals surface area (Å²) < 4.78 is 4.32. The summed E-state index contributed by atoms with van der Waals surface area (Å²) in [5, 5.41) is 19.0. The van der Waals surface area contributed by atoms with Gasteiger partial charge in [0, 0.05) is 0 Å². The molecule has 0 radical (unpaired) electrons. The summed E-state index contributed by atoms with van der Waals surface area (Å²) in [5.74, 6) is -1.40. The first-order valence-electron chi connectivity index (χ1n) is 4.02. The maximum absolute atomic E-state index is 10.8. The van der Waals surface area contributed by atoms with Crippen molar-refractivity contribution in [1.29, 1.82) is 0 Å². The van der Waals surface area contributed by atoms with E-state index < -0.39 is 11.7 Å². The number of aliphatic hydroxyl groups is 1. The second kappa shape index (κ2) is 4.70. The highest BCUT2D eigenvalue weighted by molar-refractivity contribution is 6.32. The molecule has 0 saturated heterocycles. The van der Waals surface area contributed by atoms with Crippen molar-refractivity contribution in [2.24, 2.45) is 0 Å². The molecule has 0 heterocycles. The Bertz CT molecular complexity index is 412. The second-order valence-electron chi connectivity index (χ2n) is 2.69. The van der Waals surface area contributed by atoms with E-state index in [1.54, 1.807) is 6.07 Å². The number of benzene rings is 1. The Morgan fingerprint density at radius 1 is 1.53 bits per heavy atom. The number of rotatable bonds is 2. The minimum atomic E-state index is -0.716. The summed E-state index contributed by atoms with van der Waals surface area (Å²) in [6.45, 7) is 0. The first-order valence-corrected chi connectivity index (χ1v) is 4.40. The molecule has 0 atom stereocenters. The molecule has 0 unspecified atom stereocenters. The van der Waals surface area contributed by atoms with Crippen LogP contribution in [0.5, 0.6) is 5.75 Å². The van der Waals surface area contributed by atoms with Crippen LogP contribution in [-0.4, -0.2) is 23.3 Å². The van der Waals surface area contributed by atoms with Crippen LogP contribution in [0.2, 0.25) is 5.02 Å². The third-order valence-electron chi connectivity index (χ3n) is 1.72. The third kappa shape index (κ3) is 2.63. The Balaban J connectivity index is 3.11. The van der Waals surface area contributed by atoms with E-state index in [4.69, 9.17) is 11.6 Å². The Morgan fingerprint density at radius 2 is 2.20 bits per heavy atom. The topological polar surface area (TPSA) is 66.8 Å². The molecular weight excluding hydrogens is 220 g/mol. The van der Waals surface area contributed by atoms with Gasteiger partial charge in [-0.1, -0.05) is 17.7 Å². The number of ether oxygens (including phenoxy) is 1. The molecule has 0 aromatic heterocycles. The first kappa shape index (κ1) is 11.4. The molecule has 1 aromatic carbocycles. The van der Waals surface area contributed by atoms with Gasteiger partial charge < -0.3 is 14.9 Å². The Morgan fingerprint density at radius 3 is 2.80 bits per heavy atom. The number of hydrogen-bond donors (Lipinski definition) is 2. The first-order chi connectivity index (χ1) is 7.06. The molecule has 5 heteroatoms.